The number of nitrogens with one attached hydrogen (secondary N) is 1. The van der Waals surface area contributed by atoms with Crippen LogP contribution in [0.5, 0.6) is 5.75 Å². The Morgan fingerprint density at radius 3 is 2.86 bits per heavy atom. The van der Waals surface area contributed by atoms with Crippen molar-refractivity contribution in [3.8, 4) is 5.75 Å². The normalized spacial score (nSPS) is 9.50. The standard InChI is InChI=1S/C10H13NO3/c1-14-9-5-3-2-4-8(9)6-7-11-10(12)13/h2-5,11H,6-7H2,1H3,(H,12,13). The van der Waals surface area contributed by atoms with Gasteiger partial charge < -0.3 is 15.2 Å². The van der Waals surface area contributed by atoms with Gasteiger partial charge in [-0.25, -0.2) is 4.79 Å². The number of hydrogen-bond donors (Lipinski definition) is 2. The van der Waals surface area contributed by atoms with Crippen molar-refractivity contribution < 1.29 is 14.6 Å². The van der Waals surface area contributed by atoms with E-state index in [1.807, 2.05) is 24.3 Å². The summed E-state index contributed by atoms with van der Waals surface area (Å²) in [6, 6.07) is 7.56. The van der Waals surface area contributed by atoms with E-state index in [1.165, 1.54) is 0 Å². The van der Waals surface area contributed by atoms with Crippen molar-refractivity contribution in [1.29, 1.82) is 0 Å². The minimum Gasteiger partial charge on any atom is -0.496 e. The van der Waals surface area contributed by atoms with Gasteiger partial charge in [-0.1, -0.05) is 18.2 Å². The van der Waals surface area contributed by atoms with Crippen LogP contribution in [0.4, 0.5) is 4.79 Å². The zero-order valence-electron chi connectivity index (χ0n) is 7.99. The van der Waals surface area contributed by atoms with Crippen molar-refractivity contribution >= 4 is 6.09 Å². The largest absolute Gasteiger partial charge is 0.496 e. The molecule has 14 heavy (non-hydrogen) atoms. The highest BCUT2D eigenvalue weighted by molar-refractivity contribution is 5.64. The Bertz CT molecular complexity index is 312. The predicted octanol–water partition coefficient (Wildman–Crippen LogP) is 1.51. The van der Waals surface area contributed by atoms with Gasteiger partial charge in [-0.15, -0.1) is 0 Å². The topological polar surface area (TPSA) is 58.6 Å². The molecule has 1 aromatic rings. The molecule has 0 aliphatic heterocycles. The molecule has 0 atom stereocenters. The third-order valence-electron chi connectivity index (χ3n) is 1.86. The maximum absolute atomic E-state index is 10.2. The van der Waals surface area contributed by atoms with Gasteiger partial charge >= 0.3 is 6.09 Å². The first kappa shape index (κ1) is 10.4. The molecule has 1 amide bonds. The van der Waals surface area contributed by atoms with Crippen LogP contribution in [0.2, 0.25) is 0 Å². The van der Waals surface area contributed by atoms with Crippen LogP contribution >= 0.6 is 0 Å². The smallest absolute Gasteiger partial charge is 0.404 e. The number of benzene rings is 1. The summed E-state index contributed by atoms with van der Waals surface area (Å²) in [6.07, 6.45) is -0.365. The number of para-hydroxylation sites is 1. The number of rotatable bonds is 4. The fourth-order valence-corrected chi connectivity index (χ4v) is 1.21. The summed E-state index contributed by atoms with van der Waals surface area (Å²) in [5.74, 6) is 0.791. The van der Waals surface area contributed by atoms with Gasteiger partial charge in [0.1, 0.15) is 5.75 Å². The number of ether oxygens (including phenoxy) is 1. The average Bonchev–Trinajstić information content (AvgIpc) is 2.18. The Morgan fingerprint density at radius 1 is 1.50 bits per heavy atom. The van der Waals surface area contributed by atoms with E-state index in [2.05, 4.69) is 5.32 Å². The van der Waals surface area contributed by atoms with Crippen LogP contribution in [-0.2, 0) is 6.42 Å². The van der Waals surface area contributed by atoms with Gasteiger partial charge in [0.25, 0.3) is 0 Å². The zero-order chi connectivity index (χ0) is 10.4. The van der Waals surface area contributed by atoms with Gasteiger partial charge in [-0.05, 0) is 18.1 Å². The summed E-state index contributed by atoms with van der Waals surface area (Å²) in [5, 5.41) is 10.7. The third kappa shape index (κ3) is 2.97. The van der Waals surface area contributed by atoms with Crippen molar-refractivity contribution in [2.45, 2.75) is 6.42 Å². The SMILES string of the molecule is COc1ccccc1CCNC(=O)O. The minimum absolute atomic E-state index is 0.399. The highest BCUT2D eigenvalue weighted by Gasteiger charge is 2.01. The van der Waals surface area contributed by atoms with E-state index in [9.17, 15) is 4.79 Å². The molecule has 0 unspecified atom stereocenters. The Labute approximate surface area is 82.5 Å². The first-order valence-corrected chi connectivity index (χ1v) is 4.32. The number of carbonyl (C=O) groups is 1. The Balaban J connectivity index is 2.53. The molecule has 0 aliphatic rings. The monoisotopic (exact) mass is 195 g/mol. The van der Waals surface area contributed by atoms with Gasteiger partial charge in [-0.2, -0.15) is 0 Å². The number of hydrogen-bond acceptors (Lipinski definition) is 2. The van der Waals surface area contributed by atoms with Gasteiger partial charge in [-0.3, -0.25) is 0 Å². The summed E-state index contributed by atoms with van der Waals surface area (Å²) >= 11 is 0. The lowest BCUT2D eigenvalue weighted by atomic mass is 10.1. The molecule has 0 saturated carbocycles. The van der Waals surface area contributed by atoms with E-state index in [1.54, 1.807) is 7.11 Å². The lowest BCUT2D eigenvalue weighted by Crippen LogP contribution is -2.23. The van der Waals surface area contributed by atoms with E-state index in [-0.39, 0.29) is 0 Å². The molecule has 76 valence electrons. The van der Waals surface area contributed by atoms with E-state index in [4.69, 9.17) is 9.84 Å². The van der Waals surface area contributed by atoms with Crippen molar-refractivity contribution in [1.82, 2.24) is 5.32 Å². The van der Waals surface area contributed by atoms with Crippen LogP contribution in [-0.4, -0.2) is 24.9 Å². The summed E-state index contributed by atoms with van der Waals surface area (Å²) in [5.41, 5.74) is 1.00. The molecule has 0 radical (unpaired) electrons. The van der Waals surface area contributed by atoms with Gasteiger partial charge in [0.05, 0.1) is 7.11 Å². The van der Waals surface area contributed by atoms with E-state index >= 15 is 0 Å². The van der Waals surface area contributed by atoms with Crippen LogP contribution < -0.4 is 10.1 Å². The van der Waals surface area contributed by atoms with Crippen LogP contribution in [0.1, 0.15) is 5.56 Å². The quantitative estimate of drug-likeness (QED) is 0.765. The highest BCUT2D eigenvalue weighted by Crippen LogP contribution is 2.16. The maximum Gasteiger partial charge on any atom is 0.404 e. The molecule has 0 fully saturated rings. The minimum atomic E-state index is -1.00. The molecule has 0 saturated heterocycles. The summed E-state index contributed by atoms with van der Waals surface area (Å²) < 4.78 is 5.13. The maximum atomic E-state index is 10.2. The Hall–Kier alpha value is -1.71. The predicted molar refractivity (Wildman–Crippen MR) is 52.7 cm³/mol. The molecule has 0 heterocycles. The molecular weight excluding hydrogens is 182 g/mol. The van der Waals surface area contributed by atoms with Crippen molar-refractivity contribution in [3.63, 3.8) is 0 Å². The Morgan fingerprint density at radius 2 is 2.21 bits per heavy atom. The third-order valence-corrected chi connectivity index (χ3v) is 1.86. The highest BCUT2D eigenvalue weighted by atomic mass is 16.5. The molecule has 1 aromatic carbocycles. The molecule has 0 aliphatic carbocycles. The number of amides is 1. The summed E-state index contributed by atoms with van der Waals surface area (Å²) in [4.78, 5) is 10.2. The van der Waals surface area contributed by atoms with Gasteiger partial charge in [0.15, 0.2) is 0 Å². The molecule has 4 nitrogen and oxygen atoms in total. The van der Waals surface area contributed by atoms with Gasteiger partial charge in [0, 0.05) is 6.54 Å². The molecule has 0 bridgehead atoms. The second-order valence-corrected chi connectivity index (χ2v) is 2.79. The molecular formula is C10H13NO3. The summed E-state index contributed by atoms with van der Waals surface area (Å²) in [6.45, 7) is 0.399. The van der Waals surface area contributed by atoms with E-state index in [0.717, 1.165) is 11.3 Å². The van der Waals surface area contributed by atoms with E-state index < -0.39 is 6.09 Å². The lowest BCUT2D eigenvalue weighted by molar-refractivity contribution is 0.194. The number of carboxylic acid groups (broad SMARTS) is 1. The summed E-state index contributed by atoms with van der Waals surface area (Å²) in [7, 11) is 1.60. The van der Waals surface area contributed by atoms with Crippen LogP contribution in [0.3, 0.4) is 0 Å². The first-order chi connectivity index (χ1) is 6.74. The second-order valence-electron chi connectivity index (χ2n) is 2.79. The van der Waals surface area contributed by atoms with Crippen molar-refractivity contribution in [3.05, 3.63) is 29.8 Å². The average molecular weight is 195 g/mol. The lowest BCUT2D eigenvalue weighted by Gasteiger charge is -2.07. The first-order valence-electron chi connectivity index (χ1n) is 4.32. The Kier molecular flexibility index (Phi) is 3.79. The molecule has 2 N–H and O–H groups in total. The molecule has 0 aromatic heterocycles. The van der Waals surface area contributed by atoms with Crippen LogP contribution in [0, 0.1) is 0 Å². The van der Waals surface area contributed by atoms with Gasteiger partial charge in [0.2, 0.25) is 0 Å². The van der Waals surface area contributed by atoms with Crippen LogP contribution in [0.25, 0.3) is 0 Å². The van der Waals surface area contributed by atoms with Crippen molar-refractivity contribution in [2.75, 3.05) is 13.7 Å². The molecule has 0 spiro atoms. The number of methoxy groups -OCH3 is 1. The van der Waals surface area contributed by atoms with E-state index in [0.29, 0.717) is 13.0 Å². The molecule has 4 heteroatoms. The fourth-order valence-electron chi connectivity index (χ4n) is 1.21. The zero-order valence-corrected chi connectivity index (χ0v) is 7.99. The van der Waals surface area contributed by atoms with Crippen LogP contribution in [0.15, 0.2) is 24.3 Å². The second kappa shape index (κ2) is 5.11. The molecule has 1 rings (SSSR count). The fraction of sp³-hybridized carbons (Fsp3) is 0.300. The van der Waals surface area contributed by atoms with Crippen molar-refractivity contribution in [2.24, 2.45) is 0 Å².